The third kappa shape index (κ3) is 5.28. The zero-order valence-corrected chi connectivity index (χ0v) is 31.1. The van der Waals surface area contributed by atoms with Crippen LogP contribution in [-0.2, 0) is 5.41 Å². The number of hydrogen-bond donors (Lipinski definition) is 0. The molecule has 0 unspecified atom stereocenters. The molecule has 262 valence electrons. The molecule has 0 saturated heterocycles. The Balaban J connectivity index is 1.15. The fourth-order valence-electron chi connectivity index (χ4n) is 9.20. The highest BCUT2D eigenvalue weighted by Gasteiger charge is 2.46. The van der Waals surface area contributed by atoms with E-state index in [0.29, 0.717) is 0 Å². The van der Waals surface area contributed by atoms with Crippen LogP contribution in [0.1, 0.15) is 34.2 Å². The number of anilines is 2. The van der Waals surface area contributed by atoms with Crippen LogP contribution in [-0.4, -0.2) is 4.98 Å². The second kappa shape index (κ2) is 13.3. The van der Waals surface area contributed by atoms with Crippen LogP contribution in [0.3, 0.4) is 0 Å². The summed E-state index contributed by atoms with van der Waals surface area (Å²) >= 11 is 0. The molecule has 8 aromatic rings. The molecule has 0 saturated carbocycles. The van der Waals surface area contributed by atoms with Crippen molar-refractivity contribution in [2.24, 2.45) is 0 Å². The second-order valence-electron chi connectivity index (χ2n) is 14.8. The summed E-state index contributed by atoms with van der Waals surface area (Å²) in [5.74, 6) is 0. The molecule has 55 heavy (non-hydrogen) atoms. The van der Waals surface area contributed by atoms with Crippen molar-refractivity contribution in [3.05, 3.63) is 233 Å². The lowest BCUT2D eigenvalue weighted by molar-refractivity contribution is 0.701. The van der Waals surface area contributed by atoms with E-state index in [2.05, 4.69) is 213 Å². The van der Waals surface area contributed by atoms with Crippen molar-refractivity contribution >= 4 is 33.1 Å². The Labute approximate surface area is 323 Å². The Kier molecular flexibility index (Phi) is 7.92. The van der Waals surface area contributed by atoms with Crippen LogP contribution in [0.2, 0.25) is 0 Å². The second-order valence-corrected chi connectivity index (χ2v) is 14.8. The zero-order chi connectivity index (χ0) is 36.9. The summed E-state index contributed by atoms with van der Waals surface area (Å²) in [4.78, 5) is 7.81. The molecule has 0 atom stereocenters. The van der Waals surface area contributed by atoms with E-state index in [1.54, 1.807) is 0 Å². The highest BCUT2D eigenvalue weighted by Crippen LogP contribution is 2.56. The summed E-state index contributed by atoms with van der Waals surface area (Å²) in [5.41, 5.74) is 16.4. The van der Waals surface area contributed by atoms with E-state index in [4.69, 9.17) is 4.98 Å². The number of benzene rings is 7. The summed E-state index contributed by atoms with van der Waals surface area (Å²) in [6.07, 6.45) is 9.88. The molecule has 0 N–H and O–H groups in total. The molecule has 1 aromatic heterocycles. The number of nitrogens with zero attached hydrogens (tertiary/aromatic N) is 2. The van der Waals surface area contributed by atoms with E-state index < -0.39 is 5.41 Å². The van der Waals surface area contributed by atoms with Gasteiger partial charge in [-0.25, -0.2) is 4.98 Å². The Morgan fingerprint density at radius 3 is 1.82 bits per heavy atom. The predicted octanol–water partition coefficient (Wildman–Crippen LogP) is 13.6. The number of allylic oxidation sites excluding steroid dienone is 5. The maximum Gasteiger partial charge on any atom is 0.0788 e. The number of hydrogen-bond acceptors (Lipinski definition) is 2. The lowest BCUT2D eigenvalue weighted by Crippen LogP contribution is -2.33. The summed E-state index contributed by atoms with van der Waals surface area (Å²) < 4.78 is 0. The van der Waals surface area contributed by atoms with Gasteiger partial charge < -0.3 is 4.90 Å². The van der Waals surface area contributed by atoms with Crippen molar-refractivity contribution in [1.82, 2.24) is 4.98 Å². The van der Waals surface area contributed by atoms with Gasteiger partial charge in [-0.15, -0.1) is 0 Å². The maximum absolute atomic E-state index is 5.33. The normalized spacial score (nSPS) is 14.5. The predicted molar refractivity (Wildman–Crippen MR) is 231 cm³/mol. The molecule has 0 spiro atoms. The first-order chi connectivity index (χ1) is 27.1. The van der Waals surface area contributed by atoms with Crippen LogP contribution in [0.4, 0.5) is 11.4 Å². The van der Waals surface area contributed by atoms with Crippen molar-refractivity contribution in [1.29, 1.82) is 0 Å². The van der Waals surface area contributed by atoms with E-state index in [-0.39, 0.29) is 0 Å². The van der Waals surface area contributed by atoms with Gasteiger partial charge in [0.1, 0.15) is 0 Å². The number of aryl methyl sites for hydroxylation is 2. The van der Waals surface area contributed by atoms with Crippen LogP contribution in [0.5, 0.6) is 0 Å². The van der Waals surface area contributed by atoms with E-state index in [0.717, 1.165) is 34.3 Å². The first kappa shape index (κ1) is 32.8. The molecule has 2 nitrogen and oxygen atoms in total. The van der Waals surface area contributed by atoms with Crippen molar-refractivity contribution in [2.45, 2.75) is 25.7 Å². The lowest BCUT2D eigenvalue weighted by Gasteiger charge is -2.40. The van der Waals surface area contributed by atoms with Gasteiger partial charge in [0, 0.05) is 34.1 Å². The van der Waals surface area contributed by atoms with Crippen molar-refractivity contribution in [2.75, 3.05) is 4.90 Å². The quantitative estimate of drug-likeness (QED) is 0.166. The molecule has 1 aliphatic heterocycles. The Morgan fingerprint density at radius 2 is 1.09 bits per heavy atom. The molecule has 7 aromatic carbocycles. The number of rotatable bonds is 5. The van der Waals surface area contributed by atoms with E-state index in [1.807, 2.05) is 0 Å². The van der Waals surface area contributed by atoms with Gasteiger partial charge in [0.2, 0.25) is 0 Å². The third-order valence-electron chi connectivity index (χ3n) is 11.7. The molecule has 10 rings (SSSR count). The Morgan fingerprint density at radius 1 is 0.491 bits per heavy atom. The average Bonchev–Trinajstić information content (AvgIpc) is 3.55. The molecule has 0 fully saturated rings. The molecule has 1 aliphatic carbocycles. The standard InChI is InChI=1S/C53H40N2/c1-36-16-6-12-24-47(36)53(48-25-13-7-17-37(48)2)41-20-8-9-21-43(35-41)55(51-27-15-14-26-49(51)53)42-31-28-39(29-32-42)52-45-23-11-10-22-44(45)46-34-40(30-33-50(46)54-52)38-18-4-3-5-19-38/h3-34H,35H2,1-2H3. The minimum Gasteiger partial charge on any atom is -0.314 e. The van der Waals surface area contributed by atoms with Crippen molar-refractivity contribution < 1.29 is 0 Å². The van der Waals surface area contributed by atoms with Gasteiger partial charge in [-0.05, 0) is 100 Å². The monoisotopic (exact) mass is 704 g/mol. The summed E-state index contributed by atoms with van der Waals surface area (Å²) in [7, 11) is 0. The fourth-order valence-corrected chi connectivity index (χ4v) is 9.20. The smallest absolute Gasteiger partial charge is 0.0788 e. The summed E-state index contributed by atoms with van der Waals surface area (Å²) in [5, 5.41) is 3.53. The van der Waals surface area contributed by atoms with E-state index in [1.165, 1.54) is 66.7 Å². The number of fused-ring (bicyclic) bond motifs is 6. The van der Waals surface area contributed by atoms with Crippen molar-refractivity contribution in [3.63, 3.8) is 0 Å². The number of pyridine rings is 1. The highest BCUT2D eigenvalue weighted by molar-refractivity contribution is 6.11. The Hall–Kier alpha value is -6.77. The molecule has 0 amide bonds. The topological polar surface area (TPSA) is 16.1 Å². The summed E-state index contributed by atoms with van der Waals surface area (Å²) in [6.45, 7) is 4.52. The SMILES string of the molecule is Cc1ccccc1C1(c2ccccc2C)C2=CC=CC=C(C2)N(c2ccc(-c3nc4ccc(-c5ccccc5)cc4c4ccccc34)cc2)c2ccccc21. The lowest BCUT2D eigenvalue weighted by atomic mass is 9.62. The molecule has 0 radical (unpaired) electrons. The zero-order valence-electron chi connectivity index (χ0n) is 31.1. The van der Waals surface area contributed by atoms with Gasteiger partial charge in [-0.2, -0.15) is 0 Å². The van der Waals surface area contributed by atoms with Crippen LogP contribution in [0, 0.1) is 13.8 Å². The van der Waals surface area contributed by atoms with Crippen LogP contribution >= 0.6 is 0 Å². The molecular formula is C53H40N2. The molecule has 2 aliphatic rings. The number of aromatic nitrogens is 1. The van der Waals surface area contributed by atoms with Gasteiger partial charge in [0.05, 0.1) is 22.3 Å². The van der Waals surface area contributed by atoms with Crippen LogP contribution in [0.15, 0.2) is 205 Å². The van der Waals surface area contributed by atoms with Gasteiger partial charge in [-0.3, -0.25) is 0 Å². The van der Waals surface area contributed by atoms with Gasteiger partial charge in [0.25, 0.3) is 0 Å². The summed E-state index contributed by atoms with van der Waals surface area (Å²) in [6, 6.07) is 61.9. The van der Waals surface area contributed by atoms with Gasteiger partial charge in [0.15, 0.2) is 0 Å². The third-order valence-corrected chi connectivity index (χ3v) is 11.7. The molecule has 2 heteroatoms. The molecule has 2 bridgehead atoms. The van der Waals surface area contributed by atoms with E-state index >= 15 is 0 Å². The maximum atomic E-state index is 5.33. The minimum absolute atomic E-state index is 0.496. The van der Waals surface area contributed by atoms with Crippen LogP contribution in [0.25, 0.3) is 44.1 Å². The fraction of sp³-hybridized carbons (Fsp3) is 0.0755. The highest BCUT2D eigenvalue weighted by atomic mass is 15.2. The minimum atomic E-state index is -0.496. The molecule has 2 heterocycles. The Bertz CT molecular complexity index is 2810. The largest absolute Gasteiger partial charge is 0.314 e. The number of para-hydroxylation sites is 1. The van der Waals surface area contributed by atoms with E-state index in [9.17, 15) is 0 Å². The van der Waals surface area contributed by atoms with Crippen LogP contribution < -0.4 is 4.90 Å². The van der Waals surface area contributed by atoms with Gasteiger partial charge >= 0.3 is 0 Å². The first-order valence-corrected chi connectivity index (χ1v) is 19.2. The molecular weight excluding hydrogens is 665 g/mol. The van der Waals surface area contributed by atoms with Gasteiger partial charge in [-0.1, -0.05) is 158 Å². The average molecular weight is 705 g/mol. The first-order valence-electron chi connectivity index (χ1n) is 19.2. The van der Waals surface area contributed by atoms with Crippen molar-refractivity contribution in [3.8, 4) is 22.4 Å².